The van der Waals surface area contributed by atoms with E-state index in [4.69, 9.17) is 23.2 Å². The Balaban J connectivity index is 1.53. The molecule has 0 saturated carbocycles. The first kappa shape index (κ1) is 17.0. The number of carbonyl (C=O) groups excluding carboxylic acids is 1. The van der Waals surface area contributed by atoms with Crippen molar-refractivity contribution in [3.05, 3.63) is 51.6 Å². The molecule has 0 spiro atoms. The van der Waals surface area contributed by atoms with Crippen molar-refractivity contribution < 1.29 is 4.79 Å². The number of benzene rings is 1. The van der Waals surface area contributed by atoms with Crippen LogP contribution >= 0.6 is 23.2 Å². The lowest BCUT2D eigenvalue weighted by Gasteiger charge is -2.15. The summed E-state index contributed by atoms with van der Waals surface area (Å²) in [5.41, 5.74) is 1.26. The number of nitrogens with one attached hydrogen (secondary N) is 1. The van der Waals surface area contributed by atoms with Crippen LogP contribution in [0.1, 0.15) is 28.9 Å². The van der Waals surface area contributed by atoms with Crippen molar-refractivity contribution in [2.24, 2.45) is 0 Å². The van der Waals surface area contributed by atoms with Crippen LogP contribution in [0.2, 0.25) is 10.0 Å². The fraction of sp³-hybridized carbons (Fsp3) is 0.353. The Bertz CT molecular complexity index is 715. The second kappa shape index (κ2) is 7.81. The highest BCUT2D eigenvalue weighted by Crippen LogP contribution is 2.21. The minimum atomic E-state index is -0.236. The van der Waals surface area contributed by atoms with Gasteiger partial charge in [0.15, 0.2) is 11.5 Å². The Morgan fingerprint density at radius 1 is 1.12 bits per heavy atom. The fourth-order valence-corrected chi connectivity index (χ4v) is 3.19. The Morgan fingerprint density at radius 3 is 2.58 bits per heavy atom. The van der Waals surface area contributed by atoms with Crippen LogP contribution in [0, 0.1) is 0 Å². The minimum absolute atomic E-state index is 0.236. The van der Waals surface area contributed by atoms with Crippen molar-refractivity contribution in [1.82, 2.24) is 15.5 Å². The minimum Gasteiger partial charge on any atom is -0.355 e. The average Bonchev–Trinajstić information content (AvgIpc) is 3.11. The zero-order valence-corrected chi connectivity index (χ0v) is 14.6. The maximum Gasteiger partial charge on any atom is 0.271 e. The summed E-state index contributed by atoms with van der Waals surface area (Å²) >= 11 is 12.0. The van der Waals surface area contributed by atoms with Gasteiger partial charge >= 0.3 is 0 Å². The molecule has 1 N–H and O–H groups in total. The predicted molar refractivity (Wildman–Crippen MR) is 96.0 cm³/mol. The molecular formula is C17H18Cl2N4O. The van der Waals surface area contributed by atoms with Crippen molar-refractivity contribution in [2.45, 2.75) is 19.3 Å². The first-order chi connectivity index (χ1) is 11.6. The average molecular weight is 365 g/mol. The molecule has 2 heterocycles. The van der Waals surface area contributed by atoms with Crippen LogP contribution in [0.15, 0.2) is 30.3 Å². The van der Waals surface area contributed by atoms with E-state index in [2.05, 4.69) is 20.4 Å². The van der Waals surface area contributed by atoms with Gasteiger partial charge in [0.1, 0.15) is 0 Å². The summed E-state index contributed by atoms with van der Waals surface area (Å²) in [6, 6.07) is 8.91. The van der Waals surface area contributed by atoms with Crippen LogP contribution in [0.4, 0.5) is 5.82 Å². The Morgan fingerprint density at radius 2 is 1.92 bits per heavy atom. The van der Waals surface area contributed by atoms with Crippen LogP contribution in [0.3, 0.4) is 0 Å². The number of amides is 1. The Labute approximate surface area is 151 Å². The molecule has 24 heavy (non-hydrogen) atoms. The number of anilines is 1. The van der Waals surface area contributed by atoms with Gasteiger partial charge in [-0.1, -0.05) is 29.3 Å². The van der Waals surface area contributed by atoms with E-state index in [1.807, 2.05) is 12.1 Å². The van der Waals surface area contributed by atoms with Gasteiger partial charge in [0.2, 0.25) is 0 Å². The van der Waals surface area contributed by atoms with Gasteiger partial charge in [-0.2, -0.15) is 0 Å². The lowest BCUT2D eigenvalue weighted by atomic mass is 10.1. The summed E-state index contributed by atoms with van der Waals surface area (Å²) in [4.78, 5) is 14.3. The molecule has 5 nitrogen and oxygen atoms in total. The van der Waals surface area contributed by atoms with E-state index in [1.165, 1.54) is 12.8 Å². The lowest BCUT2D eigenvalue weighted by Crippen LogP contribution is -2.27. The highest BCUT2D eigenvalue weighted by atomic mass is 35.5. The molecule has 1 amide bonds. The zero-order chi connectivity index (χ0) is 16.9. The summed E-state index contributed by atoms with van der Waals surface area (Å²) in [5, 5.41) is 12.2. The standard InChI is InChI=1S/C17H18Cl2N4O/c18-13-4-3-12(14(19)11-13)7-8-20-17(24)15-5-6-16(22-21-15)23-9-1-2-10-23/h3-6,11H,1-2,7-10H2,(H,20,24). The summed E-state index contributed by atoms with van der Waals surface area (Å²) in [5.74, 6) is 0.595. The largest absolute Gasteiger partial charge is 0.355 e. The van der Waals surface area contributed by atoms with Crippen molar-refractivity contribution in [3.63, 3.8) is 0 Å². The van der Waals surface area contributed by atoms with Gasteiger partial charge in [-0.05, 0) is 49.1 Å². The third-order valence-electron chi connectivity index (χ3n) is 4.01. The predicted octanol–water partition coefficient (Wildman–Crippen LogP) is 3.36. The first-order valence-corrected chi connectivity index (χ1v) is 8.70. The van der Waals surface area contributed by atoms with Gasteiger partial charge in [-0.25, -0.2) is 0 Å². The number of carbonyl (C=O) groups is 1. The van der Waals surface area contributed by atoms with E-state index in [0.717, 1.165) is 24.5 Å². The quantitative estimate of drug-likeness (QED) is 0.883. The van der Waals surface area contributed by atoms with Crippen molar-refractivity contribution in [2.75, 3.05) is 24.5 Å². The zero-order valence-electron chi connectivity index (χ0n) is 13.1. The highest BCUT2D eigenvalue weighted by Gasteiger charge is 2.15. The third-order valence-corrected chi connectivity index (χ3v) is 4.60. The van der Waals surface area contributed by atoms with E-state index < -0.39 is 0 Å². The van der Waals surface area contributed by atoms with Crippen LogP contribution < -0.4 is 10.2 Å². The van der Waals surface area contributed by atoms with Crippen LogP contribution in [-0.4, -0.2) is 35.7 Å². The van der Waals surface area contributed by atoms with E-state index >= 15 is 0 Å². The molecule has 0 atom stereocenters. The number of halogens is 2. The monoisotopic (exact) mass is 364 g/mol. The van der Waals surface area contributed by atoms with Gasteiger partial charge in [0, 0.05) is 29.7 Å². The topological polar surface area (TPSA) is 58.1 Å². The molecule has 1 aliphatic heterocycles. The second-order valence-corrected chi connectivity index (χ2v) is 6.56. The molecule has 1 aromatic carbocycles. The van der Waals surface area contributed by atoms with E-state index in [-0.39, 0.29) is 5.91 Å². The maximum atomic E-state index is 12.1. The molecule has 1 aliphatic rings. The van der Waals surface area contributed by atoms with Crippen LogP contribution in [0.25, 0.3) is 0 Å². The Kier molecular flexibility index (Phi) is 5.53. The molecule has 0 bridgehead atoms. The van der Waals surface area contributed by atoms with Crippen LogP contribution in [-0.2, 0) is 6.42 Å². The van der Waals surface area contributed by atoms with Crippen LogP contribution in [0.5, 0.6) is 0 Å². The number of rotatable bonds is 5. The fourth-order valence-electron chi connectivity index (χ4n) is 2.69. The second-order valence-electron chi connectivity index (χ2n) is 5.71. The summed E-state index contributed by atoms with van der Waals surface area (Å²) in [6.07, 6.45) is 2.98. The molecule has 1 saturated heterocycles. The van der Waals surface area contributed by atoms with Gasteiger partial charge in [0.05, 0.1) is 0 Å². The molecule has 0 radical (unpaired) electrons. The van der Waals surface area contributed by atoms with Gasteiger partial charge in [-0.15, -0.1) is 10.2 Å². The third kappa shape index (κ3) is 4.16. The number of hydrogen-bond acceptors (Lipinski definition) is 4. The molecule has 2 aromatic rings. The molecule has 0 aliphatic carbocycles. The van der Waals surface area contributed by atoms with Crippen molar-refractivity contribution >= 4 is 34.9 Å². The van der Waals surface area contributed by atoms with Gasteiger partial charge in [-0.3, -0.25) is 4.79 Å². The van der Waals surface area contributed by atoms with E-state index in [1.54, 1.807) is 18.2 Å². The summed E-state index contributed by atoms with van der Waals surface area (Å²) < 4.78 is 0. The van der Waals surface area contributed by atoms with Crippen molar-refractivity contribution in [3.8, 4) is 0 Å². The SMILES string of the molecule is O=C(NCCc1ccc(Cl)cc1Cl)c1ccc(N2CCCC2)nn1. The number of aromatic nitrogens is 2. The molecule has 3 rings (SSSR count). The maximum absolute atomic E-state index is 12.1. The molecule has 1 fully saturated rings. The summed E-state index contributed by atoms with van der Waals surface area (Å²) in [6.45, 7) is 2.47. The molecule has 1 aromatic heterocycles. The molecular weight excluding hydrogens is 347 g/mol. The number of hydrogen-bond donors (Lipinski definition) is 1. The van der Waals surface area contributed by atoms with E-state index in [0.29, 0.717) is 28.7 Å². The molecule has 7 heteroatoms. The smallest absolute Gasteiger partial charge is 0.271 e. The van der Waals surface area contributed by atoms with Crippen molar-refractivity contribution in [1.29, 1.82) is 0 Å². The lowest BCUT2D eigenvalue weighted by molar-refractivity contribution is 0.0948. The highest BCUT2D eigenvalue weighted by molar-refractivity contribution is 6.35. The molecule has 126 valence electrons. The Hall–Kier alpha value is -1.85. The molecule has 0 unspecified atom stereocenters. The first-order valence-electron chi connectivity index (χ1n) is 7.94. The van der Waals surface area contributed by atoms with E-state index in [9.17, 15) is 4.79 Å². The number of nitrogens with zero attached hydrogens (tertiary/aromatic N) is 3. The van der Waals surface area contributed by atoms with Gasteiger partial charge in [0.25, 0.3) is 5.91 Å². The normalized spacial score (nSPS) is 14.0. The summed E-state index contributed by atoms with van der Waals surface area (Å²) in [7, 11) is 0. The van der Waals surface area contributed by atoms with Gasteiger partial charge < -0.3 is 10.2 Å².